The van der Waals surface area contributed by atoms with Crippen molar-refractivity contribution in [2.45, 2.75) is 22.8 Å². The van der Waals surface area contributed by atoms with Gasteiger partial charge in [-0.15, -0.1) is 10.2 Å². The molecule has 0 bridgehead atoms. The van der Waals surface area contributed by atoms with Gasteiger partial charge in [-0.3, -0.25) is 4.98 Å². The van der Waals surface area contributed by atoms with E-state index in [4.69, 9.17) is 16.6 Å². The van der Waals surface area contributed by atoms with Crippen LogP contribution in [0.5, 0.6) is 0 Å². The highest BCUT2D eigenvalue weighted by Crippen LogP contribution is 2.38. The molecule has 1 atom stereocenters. The normalized spacial score (nSPS) is 13.3. The number of hydrogen-bond donors (Lipinski definition) is 5. The minimum absolute atomic E-state index is 0.00528. The van der Waals surface area contributed by atoms with Crippen LogP contribution in [0.3, 0.4) is 0 Å². The summed E-state index contributed by atoms with van der Waals surface area (Å²) in [5, 5.41) is 18.7. The van der Waals surface area contributed by atoms with E-state index in [1.165, 1.54) is 31.5 Å². The Balaban J connectivity index is 2.42. The van der Waals surface area contributed by atoms with Crippen LogP contribution in [-0.4, -0.2) is 55.0 Å². The lowest BCUT2D eigenvalue weighted by molar-refractivity contribution is 0.557. The standard InChI is InChI=1S/C15H19N9O4S2/c1-8(5-16)22-30(27,28)12-3-2-11(9-4-10(17)7-19-6-9)13(14(12)29(18,25)26)15-20-23-24-21-15/h2-4,6-8,22H,5,16-17H2,1H3,(H2,18,25,26)(H,20,21,23,24). The zero-order valence-electron chi connectivity index (χ0n) is 15.6. The van der Waals surface area contributed by atoms with Gasteiger partial charge in [0.05, 0.1) is 11.3 Å². The number of anilines is 1. The van der Waals surface area contributed by atoms with Crippen LogP contribution in [0.1, 0.15) is 6.92 Å². The van der Waals surface area contributed by atoms with Gasteiger partial charge in [0.1, 0.15) is 9.79 Å². The molecule has 0 saturated heterocycles. The number of nitrogens with zero attached hydrogens (tertiary/aromatic N) is 4. The summed E-state index contributed by atoms with van der Waals surface area (Å²) >= 11 is 0. The lowest BCUT2D eigenvalue weighted by Crippen LogP contribution is -2.38. The van der Waals surface area contributed by atoms with E-state index < -0.39 is 35.9 Å². The van der Waals surface area contributed by atoms with Crippen molar-refractivity contribution < 1.29 is 16.8 Å². The highest BCUT2D eigenvalue weighted by molar-refractivity contribution is 7.92. The smallest absolute Gasteiger partial charge is 0.242 e. The van der Waals surface area contributed by atoms with Crippen molar-refractivity contribution in [3.05, 3.63) is 30.6 Å². The van der Waals surface area contributed by atoms with Gasteiger partial charge in [-0.2, -0.15) is 5.21 Å². The number of pyridine rings is 1. The molecule has 3 rings (SSSR count). The molecule has 160 valence electrons. The van der Waals surface area contributed by atoms with Gasteiger partial charge in [-0.05, 0) is 29.8 Å². The summed E-state index contributed by atoms with van der Waals surface area (Å²) in [6.45, 7) is 1.52. The summed E-state index contributed by atoms with van der Waals surface area (Å²) in [7, 11) is -8.90. The third-order valence-corrected chi connectivity index (χ3v) is 6.80. The van der Waals surface area contributed by atoms with Crippen LogP contribution in [0.4, 0.5) is 5.69 Å². The first-order chi connectivity index (χ1) is 14.0. The molecule has 1 unspecified atom stereocenters. The summed E-state index contributed by atoms with van der Waals surface area (Å²) in [4.78, 5) is 2.71. The molecule has 0 spiro atoms. The number of benzene rings is 1. The van der Waals surface area contributed by atoms with Gasteiger partial charge in [0.25, 0.3) is 0 Å². The molecule has 3 aromatic rings. The Kier molecular flexibility index (Phi) is 5.82. The lowest BCUT2D eigenvalue weighted by atomic mass is 10.0. The molecule has 15 heteroatoms. The first-order valence-corrected chi connectivity index (χ1v) is 11.4. The van der Waals surface area contributed by atoms with Crippen molar-refractivity contribution in [3.63, 3.8) is 0 Å². The van der Waals surface area contributed by atoms with Crippen molar-refractivity contribution in [1.29, 1.82) is 0 Å². The number of hydrogen-bond acceptors (Lipinski definition) is 10. The quantitative estimate of drug-likeness (QED) is 0.286. The maximum Gasteiger partial charge on any atom is 0.242 e. The number of sulfonamides is 2. The van der Waals surface area contributed by atoms with Gasteiger partial charge in [-0.1, -0.05) is 6.07 Å². The van der Waals surface area contributed by atoms with Crippen molar-refractivity contribution in [1.82, 2.24) is 30.3 Å². The van der Waals surface area contributed by atoms with Crippen molar-refractivity contribution in [3.8, 4) is 22.5 Å². The van der Waals surface area contributed by atoms with Gasteiger partial charge in [0.2, 0.25) is 25.9 Å². The first kappa shape index (κ1) is 21.7. The van der Waals surface area contributed by atoms with Crippen LogP contribution >= 0.6 is 0 Å². The minimum atomic E-state index is -4.58. The van der Waals surface area contributed by atoms with Crippen LogP contribution in [-0.2, 0) is 20.0 Å². The van der Waals surface area contributed by atoms with Gasteiger partial charge < -0.3 is 11.5 Å². The number of primary sulfonamides is 1. The molecule has 0 aliphatic rings. The van der Waals surface area contributed by atoms with Gasteiger partial charge in [-0.25, -0.2) is 26.7 Å². The van der Waals surface area contributed by atoms with E-state index >= 15 is 0 Å². The summed E-state index contributed by atoms with van der Waals surface area (Å²) in [5.74, 6) is -0.180. The molecule has 0 fully saturated rings. The molecule has 0 saturated carbocycles. The van der Waals surface area contributed by atoms with E-state index in [1.807, 2.05) is 0 Å². The number of H-pyrrole nitrogens is 1. The zero-order valence-corrected chi connectivity index (χ0v) is 17.3. The third-order valence-electron chi connectivity index (χ3n) is 4.04. The number of aromatic nitrogens is 5. The predicted octanol–water partition coefficient (Wildman–Crippen LogP) is -1.22. The molecule has 0 amide bonds. The Morgan fingerprint density at radius 1 is 1.20 bits per heavy atom. The van der Waals surface area contributed by atoms with E-state index in [9.17, 15) is 16.8 Å². The fourth-order valence-electron chi connectivity index (χ4n) is 2.77. The molecular weight excluding hydrogens is 434 g/mol. The van der Waals surface area contributed by atoms with Crippen LogP contribution in [0.15, 0.2) is 40.4 Å². The highest BCUT2D eigenvalue weighted by atomic mass is 32.2. The molecular formula is C15H19N9O4S2. The number of rotatable bonds is 7. The first-order valence-electron chi connectivity index (χ1n) is 8.41. The topological polar surface area (TPSA) is 226 Å². The fourth-order valence-corrected chi connectivity index (χ4v) is 5.63. The average molecular weight is 454 g/mol. The van der Waals surface area contributed by atoms with E-state index in [0.29, 0.717) is 11.3 Å². The SMILES string of the molecule is CC(CN)NS(=O)(=O)c1ccc(-c2cncc(N)c2)c(-c2nn[nH]n2)c1S(N)(=O)=O. The Morgan fingerprint density at radius 3 is 2.50 bits per heavy atom. The monoisotopic (exact) mass is 453 g/mol. The number of nitrogens with one attached hydrogen (secondary N) is 2. The van der Waals surface area contributed by atoms with Crippen LogP contribution in [0, 0.1) is 0 Å². The molecule has 2 aromatic heterocycles. The van der Waals surface area contributed by atoms with Gasteiger partial charge in [0.15, 0.2) is 0 Å². The Bertz CT molecular complexity index is 1280. The van der Waals surface area contributed by atoms with Crippen LogP contribution in [0.25, 0.3) is 22.5 Å². The van der Waals surface area contributed by atoms with Crippen molar-refractivity contribution in [2.24, 2.45) is 10.9 Å². The second-order valence-electron chi connectivity index (χ2n) is 6.36. The Hall–Kier alpha value is -2.98. The van der Waals surface area contributed by atoms with E-state index in [-0.39, 0.29) is 23.5 Å². The molecule has 0 aliphatic carbocycles. The molecule has 2 heterocycles. The van der Waals surface area contributed by atoms with Gasteiger partial charge in [0, 0.05) is 30.5 Å². The summed E-state index contributed by atoms with van der Waals surface area (Å²) in [5.41, 5.74) is 12.0. The molecule has 0 aliphatic heterocycles. The Morgan fingerprint density at radius 2 is 1.93 bits per heavy atom. The number of nitrogen functional groups attached to an aromatic ring is 1. The molecule has 1 aromatic carbocycles. The number of nitrogens with two attached hydrogens (primary N) is 3. The molecule has 0 radical (unpaired) electrons. The molecule has 30 heavy (non-hydrogen) atoms. The zero-order chi connectivity index (χ0) is 22.1. The van der Waals surface area contributed by atoms with Gasteiger partial charge >= 0.3 is 0 Å². The second-order valence-corrected chi connectivity index (χ2v) is 9.54. The summed E-state index contributed by atoms with van der Waals surface area (Å²) in [6.07, 6.45) is 2.82. The van der Waals surface area contributed by atoms with E-state index in [1.54, 1.807) is 0 Å². The maximum atomic E-state index is 12.9. The lowest BCUT2D eigenvalue weighted by Gasteiger charge is -2.18. The van der Waals surface area contributed by atoms with Crippen LogP contribution < -0.4 is 21.3 Å². The predicted molar refractivity (Wildman–Crippen MR) is 107 cm³/mol. The number of aromatic amines is 1. The summed E-state index contributed by atoms with van der Waals surface area (Å²) < 4.78 is 53.2. The number of tetrazole rings is 1. The minimum Gasteiger partial charge on any atom is -0.397 e. The fraction of sp³-hybridized carbons (Fsp3) is 0.200. The van der Waals surface area contributed by atoms with Crippen molar-refractivity contribution in [2.75, 3.05) is 12.3 Å². The maximum absolute atomic E-state index is 12.9. The van der Waals surface area contributed by atoms with Crippen molar-refractivity contribution >= 4 is 25.7 Å². The average Bonchev–Trinajstić information content (AvgIpc) is 3.20. The highest BCUT2D eigenvalue weighted by Gasteiger charge is 2.32. The van der Waals surface area contributed by atoms with Crippen LogP contribution in [0.2, 0.25) is 0 Å². The third kappa shape index (κ3) is 4.29. The van der Waals surface area contributed by atoms with E-state index in [2.05, 4.69) is 30.3 Å². The van der Waals surface area contributed by atoms with E-state index in [0.717, 1.165) is 6.07 Å². The molecule has 13 nitrogen and oxygen atoms in total. The Labute approximate surface area is 172 Å². The summed E-state index contributed by atoms with van der Waals surface area (Å²) in [6, 6.07) is 3.38. The largest absolute Gasteiger partial charge is 0.397 e. The second kappa shape index (κ2) is 8.04. The molecule has 8 N–H and O–H groups in total.